The van der Waals surface area contributed by atoms with Gasteiger partial charge in [-0.15, -0.1) is 0 Å². The second kappa shape index (κ2) is 7.92. The molecule has 0 saturated carbocycles. The SMILES string of the molecule is Cc1cc(-c2ccc([C@@H]3Nc4ccc5ccccc5c4C4=C3C(=O)CC(C)(C)C4)o2)ccc1[N+](=O)[O-]. The third-order valence-electron chi connectivity index (χ3n) is 7.33. The summed E-state index contributed by atoms with van der Waals surface area (Å²) in [5.74, 6) is 1.40. The van der Waals surface area contributed by atoms with E-state index >= 15 is 0 Å². The molecular formula is C30H26N2O4. The fourth-order valence-corrected chi connectivity index (χ4v) is 5.73. The Balaban J connectivity index is 1.48. The number of anilines is 1. The summed E-state index contributed by atoms with van der Waals surface area (Å²) < 4.78 is 6.30. The summed E-state index contributed by atoms with van der Waals surface area (Å²) in [6.07, 6.45) is 1.29. The second-order valence-electron chi connectivity index (χ2n) is 10.6. The van der Waals surface area contributed by atoms with Crippen LogP contribution in [0.15, 0.2) is 76.7 Å². The van der Waals surface area contributed by atoms with Gasteiger partial charge in [0.05, 0.1) is 4.92 Å². The van der Waals surface area contributed by atoms with Crippen LogP contribution < -0.4 is 5.32 Å². The maximum Gasteiger partial charge on any atom is 0.272 e. The van der Waals surface area contributed by atoms with Crippen molar-refractivity contribution in [3.05, 3.63) is 99.3 Å². The molecule has 4 aromatic rings. The third kappa shape index (κ3) is 3.52. The van der Waals surface area contributed by atoms with Gasteiger partial charge < -0.3 is 9.73 Å². The minimum Gasteiger partial charge on any atom is -0.459 e. The number of nitrogens with one attached hydrogen (secondary N) is 1. The quantitative estimate of drug-likeness (QED) is 0.242. The lowest BCUT2D eigenvalue weighted by molar-refractivity contribution is -0.385. The van der Waals surface area contributed by atoms with E-state index in [0.29, 0.717) is 23.5 Å². The average Bonchev–Trinajstić information content (AvgIpc) is 3.32. The monoisotopic (exact) mass is 478 g/mol. The Morgan fingerprint density at radius 2 is 1.83 bits per heavy atom. The van der Waals surface area contributed by atoms with E-state index < -0.39 is 6.04 Å². The lowest BCUT2D eigenvalue weighted by Crippen LogP contribution is -2.33. The number of allylic oxidation sites excluding steroid dienone is 1. The normalized spacial score (nSPS) is 18.5. The zero-order valence-electron chi connectivity index (χ0n) is 20.4. The smallest absolute Gasteiger partial charge is 0.272 e. The van der Waals surface area contributed by atoms with Gasteiger partial charge in [0.25, 0.3) is 5.69 Å². The van der Waals surface area contributed by atoms with Crippen molar-refractivity contribution in [2.45, 2.75) is 39.7 Å². The maximum absolute atomic E-state index is 13.6. The molecule has 2 heterocycles. The molecule has 6 heteroatoms. The Morgan fingerprint density at radius 1 is 1.03 bits per heavy atom. The molecule has 2 aliphatic rings. The molecule has 0 unspecified atom stereocenters. The molecule has 0 spiro atoms. The molecule has 36 heavy (non-hydrogen) atoms. The second-order valence-corrected chi connectivity index (χ2v) is 10.6. The first-order valence-corrected chi connectivity index (χ1v) is 12.1. The van der Waals surface area contributed by atoms with Gasteiger partial charge in [-0.05, 0) is 65.4 Å². The molecule has 1 aliphatic carbocycles. The fraction of sp³-hybridized carbons (Fsp3) is 0.233. The van der Waals surface area contributed by atoms with Gasteiger partial charge in [0.1, 0.15) is 17.6 Å². The van der Waals surface area contributed by atoms with Crippen molar-refractivity contribution in [2.24, 2.45) is 5.41 Å². The van der Waals surface area contributed by atoms with Crippen LogP contribution in [0.5, 0.6) is 0 Å². The van der Waals surface area contributed by atoms with Gasteiger partial charge in [-0.2, -0.15) is 0 Å². The van der Waals surface area contributed by atoms with Gasteiger partial charge in [-0.25, -0.2) is 0 Å². The first kappa shape index (κ1) is 22.3. The van der Waals surface area contributed by atoms with Gasteiger partial charge in [0.15, 0.2) is 5.78 Å². The van der Waals surface area contributed by atoms with E-state index in [0.717, 1.165) is 45.2 Å². The van der Waals surface area contributed by atoms with Gasteiger partial charge in [0, 0.05) is 40.4 Å². The number of carbonyl (C=O) groups is 1. The van der Waals surface area contributed by atoms with Crippen LogP contribution in [0.4, 0.5) is 11.4 Å². The first-order chi connectivity index (χ1) is 17.2. The molecular weight excluding hydrogens is 452 g/mol. The molecule has 0 saturated heterocycles. The Bertz CT molecular complexity index is 1610. The van der Waals surface area contributed by atoms with Crippen molar-refractivity contribution in [3.8, 4) is 11.3 Å². The molecule has 6 rings (SSSR count). The number of benzene rings is 3. The zero-order valence-corrected chi connectivity index (χ0v) is 20.4. The average molecular weight is 479 g/mol. The molecule has 180 valence electrons. The highest BCUT2D eigenvalue weighted by Crippen LogP contribution is 2.52. The lowest BCUT2D eigenvalue weighted by Gasteiger charge is -2.39. The molecule has 3 aromatic carbocycles. The number of aryl methyl sites for hydroxylation is 1. The van der Waals surface area contributed by atoms with Crippen molar-refractivity contribution < 1.29 is 14.1 Å². The van der Waals surface area contributed by atoms with Crippen LogP contribution in [0.3, 0.4) is 0 Å². The number of fused-ring (bicyclic) bond motifs is 4. The van der Waals surface area contributed by atoms with E-state index in [9.17, 15) is 14.9 Å². The van der Waals surface area contributed by atoms with Crippen molar-refractivity contribution >= 4 is 33.5 Å². The fourth-order valence-electron chi connectivity index (χ4n) is 5.73. The van der Waals surface area contributed by atoms with E-state index in [1.165, 1.54) is 6.07 Å². The van der Waals surface area contributed by atoms with Crippen LogP contribution in [0.25, 0.3) is 27.7 Å². The molecule has 6 nitrogen and oxygen atoms in total. The van der Waals surface area contributed by atoms with Crippen LogP contribution in [0.2, 0.25) is 0 Å². The number of nitrogens with zero attached hydrogens (tertiary/aromatic N) is 1. The summed E-state index contributed by atoms with van der Waals surface area (Å²) in [6, 6.07) is 20.8. The largest absolute Gasteiger partial charge is 0.459 e. The Hall–Kier alpha value is -4.19. The molecule has 1 aromatic heterocycles. The molecule has 1 aliphatic heterocycles. The number of rotatable bonds is 3. The predicted octanol–water partition coefficient (Wildman–Crippen LogP) is 7.63. The maximum atomic E-state index is 13.6. The molecule has 1 N–H and O–H groups in total. The number of hydrogen-bond acceptors (Lipinski definition) is 5. The van der Waals surface area contributed by atoms with E-state index in [1.54, 1.807) is 19.1 Å². The number of carbonyl (C=O) groups excluding carboxylic acids is 1. The Labute approximate surface area is 208 Å². The Morgan fingerprint density at radius 3 is 2.61 bits per heavy atom. The summed E-state index contributed by atoms with van der Waals surface area (Å²) >= 11 is 0. The topological polar surface area (TPSA) is 85.4 Å². The van der Waals surface area contributed by atoms with Crippen molar-refractivity contribution in [1.29, 1.82) is 0 Å². The third-order valence-corrected chi connectivity index (χ3v) is 7.33. The van der Waals surface area contributed by atoms with E-state index in [2.05, 4.69) is 43.4 Å². The van der Waals surface area contributed by atoms with Gasteiger partial charge in [-0.1, -0.05) is 44.2 Å². The highest BCUT2D eigenvalue weighted by Gasteiger charge is 2.41. The number of ketones is 1. The van der Waals surface area contributed by atoms with Crippen LogP contribution in [-0.2, 0) is 4.79 Å². The summed E-state index contributed by atoms with van der Waals surface area (Å²) in [5.41, 5.74) is 5.25. The van der Waals surface area contributed by atoms with Crippen molar-refractivity contribution in [3.63, 3.8) is 0 Å². The Kier molecular flexibility index (Phi) is 4.90. The molecule has 0 radical (unpaired) electrons. The highest BCUT2D eigenvalue weighted by atomic mass is 16.6. The van der Waals surface area contributed by atoms with Gasteiger partial charge >= 0.3 is 0 Å². The van der Waals surface area contributed by atoms with Gasteiger partial charge in [-0.3, -0.25) is 14.9 Å². The van der Waals surface area contributed by atoms with Crippen LogP contribution in [-0.4, -0.2) is 10.7 Å². The van der Waals surface area contributed by atoms with E-state index in [1.807, 2.05) is 24.3 Å². The zero-order chi connectivity index (χ0) is 25.2. The first-order valence-electron chi connectivity index (χ1n) is 12.1. The minimum absolute atomic E-state index is 0.0773. The van der Waals surface area contributed by atoms with Crippen LogP contribution in [0, 0.1) is 22.5 Å². The van der Waals surface area contributed by atoms with Crippen LogP contribution in [0.1, 0.15) is 49.6 Å². The summed E-state index contributed by atoms with van der Waals surface area (Å²) in [4.78, 5) is 24.4. The molecule has 0 fully saturated rings. The van der Waals surface area contributed by atoms with Gasteiger partial charge in [0.2, 0.25) is 0 Å². The lowest BCUT2D eigenvalue weighted by atomic mass is 9.68. The molecule has 0 amide bonds. The molecule has 1 atom stereocenters. The van der Waals surface area contributed by atoms with E-state index in [4.69, 9.17) is 4.42 Å². The number of Topliss-reactive ketones (excluding diaryl/α,β-unsaturated/α-hetero) is 1. The summed E-state index contributed by atoms with van der Waals surface area (Å²) in [5, 5.41) is 17.1. The minimum atomic E-state index is -0.398. The number of nitro benzene ring substituents is 1. The highest BCUT2D eigenvalue weighted by molar-refractivity contribution is 6.12. The van der Waals surface area contributed by atoms with Crippen molar-refractivity contribution in [1.82, 2.24) is 0 Å². The standard InChI is InChI=1S/C30H26N2O4/c1-17-14-19(9-11-23(17)32(34)35)25-12-13-26(36-25)29-28-21(15-30(2,3)16-24(28)33)27-20-7-5-4-6-18(20)8-10-22(27)31-29/h4-14,29,31H,15-16H2,1-3H3/t29-/m0/s1. The number of hydrogen-bond donors (Lipinski definition) is 1. The van der Waals surface area contributed by atoms with E-state index in [-0.39, 0.29) is 21.8 Å². The molecule has 0 bridgehead atoms. The number of furan rings is 1. The summed E-state index contributed by atoms with van der Waals surface area (Å²) in [6.45, 7) is 6.02. The summed E-state index contributed by atoms with van der Waals surface area (Å²) in [7, 11) is 0. The predicted molar refractivity (Wildman–Crippen MR) is 141 cm³/mol. The number of nitro groups is 1. The van der Waals surface area contributed by atoms with Crippen LogP contribution >= 0.6 is 0 Å². The van der Waals surface area contributed by atoms with Crippen molar-refractivity contribution in [2.75, 3.05) is 5.32 Å².